The van der Waals surface area contributed by atoms with Crippen molar-refractivity contribution in [2.75, 3.05) is 13.2 Å². The Balaban J connectivity index is 1.54. The van der Waals surface area contributed by atoms with Crippen LogP contribution in [0.2, 0.25) is 0 Å². The van der Waals surface area contributed by atoms with Gasteiger partial charge in [-0.1, -0.05) is 48.4 Å². The summed E-state index contributed by atoms with van der Waals surface area (Å²) in [5, 5.41) is 0. The summed E-state index contributed by atoms with van der Waals surface area (Å²) < 4.78 is 5.38. The Morgan fingerprint density at radius 1 is 1.10 bits per heavy atom. The zero-order valence-corrected chi connectivity index (χ0v) is 12.0. The van der Waals surface area contributed by atoms with E-state index < -0.39 is 0 Å². The van der Waals surface area contributed by atoms with Crippen LogP contribution >= 0.6 is 0 Å². The molecule has 0 saturated carbocycles. The lowest BCUT2D eigenvalue weighted by Crippen LogP contribution is -2.49. The molecule has 2 heteroatoms. The first-order chi connectivity index (χ1) is 9.90. The van der Waals surface area contributed by atoms with Gasteiger partial charge < -0.3 is 4.74 Å². The van der Waals surface area contributed by atoms with Crippen molar-refractivity contribution in [3.63, 3.8) is 0 Å². The van der Waals surface area contributed by atoms with E-state index in [1.807, 2.05) is 0 Å². The van der Waals surface area contributed by atoms with Crippen molar-refractivity contribution >= 4 is 0 Å². The van der Waals surface area contributed by atoms with Gasteiger partial charge in [0.2, 0.25) is 0 Å². The molecule has 3 heterocycles. The van der Waals surface area contributed by atoms with Crippen molar-refractivity contribution in [3.8, 4) is 0 Å². The topological polar surface area (TPSA) is 12.5 Å². The summed E-state index contributed by atoms with van der Waals surface area (Å²) in [5.74, 6) is 0.733. The Morgan fingerprint density at radius 2 is 1.95 bits per heavy atom. The van der Waals surface area contributed by atoms with E-state index in [1.165, 1.54) is 31.2 Å². The second kappa shape index (κ2) is 5.34. The molecule has 1 aromatic rings. The van der Waals surface area contributed by atoms with Crippen molar-refractivity contribution in [3.05, 3.63) is 47.5 Å². The molecular weight excluding hydrogens is 246 g/mol. The highest BCUT2D eigenvalue weighted by molar-refractivity contribution is 5.22. The Kier molecular flexibility index (Phi) is 3.37. The van der Waals surface area contributed by atoms with Crippen LogP contribution in [0.1, 0.15) is 31.2 Å². The fraction of sp³-hybridized carbons (Fsp3) is 0.556. The molecule has 0 aromatic heterocycles. The minimum atomic E-state index is 0.665. The van der Waals surface area contributed by atoms with E-state index in [0.29, 0.717) is 6.04 Å². The minimum Gasteiger partial charge on any atom is -0.380 e. The first-order valence-corrected chi connectivity index (χ1v) is 7.98. The maximum atomic E-state index is 5.38. The van der Waals surface area contributed by atoms with E-state index in [-0.39, 0.29) is 0 Å². The average molecular weight is 269 g/mol. The monoisotopic (exact) mass is 269 g/mol. The highest BCUT2D eigenvalue weighted by Gasteiger charge is 2.36. The Hall–Kier alpha value is -1.12. The van der Waals surface area contributed by atoms with Crippen LogP contribution in [-0.2, 0) is 11.3 Å². The smallest absolute Gasteiger partial charge is 0.0553 e. The Morgan fingerprint density at radius 3 is 2.65 bits per heavy atom. The maximum Gasteiger partial charge on any atom is 0.0553 e. The molecule has 0 radical (unpaired) electrons. The summed E-state index contributed by atoms with van der Waals surface area (Å²) in [4.78, 5) is 2.74. The number of benzene rings is 1. The molecule has 2 atom stereocenters. The van der Waals surface area contributed by atoms with E-state index in [4.69, 9.17) is 4.74 Å². The molecule has 2 nitrogen and oxygen atoms in total. The molecule has 2 bridgehead atoms. The third kappa shape index (κ3) is 2.32. The summed E-state index contributed by atoms with van der Waals surface area (Å²) in [5.41, 5.74) is 3.14. The fourth-order valence-corrected chi connectivity index (χ4v) is 3.94. The lowest BCUT2D eigenvalue weighted by atomic mass is 9.80. The Bertz CT molecular complexity index is 491. The molecule has 4 rings (SSSR count). The standard InChI is InChI=1S/C18H23NO/c1-2-5-14(6-3-1)11-19-17-7-4-8-18(19)10-15(9-17)16-12-20-13-16/h1-3,5-6,9,16-18H,4,7-8,10-13H2. The number of hydrogen-bond acceptors (Lipinski definition) is 2. The maximum absolute atomic E-state index is 5.38. The van der Waals surface area contributed by atoms with Gasteiger partial charge in [-0.05, 0) is 24.8 Å². The van der Waals surface area contributed by atoms with Crippen LogP contribution in [0, 0.1) is 5.92 Å². The molecule has 2 unspecified atom stereocenters. The molecule has 3 aliphatic heterocycles. The van der Waals surface area contributed by atoms with Crippen molar-refractivity contribution in [2.45, 2.75) is 44.3 Å². The molecule has 0 spiro atoms. The van der Waals surface area contributed by atoms with E-state index in [1.54, 1.807) is 5.57 Å². The van der Waals surface area contributed by atoms with Gasteiger partial charge in [0.05, 0.1) is 13.2 Å². The summed E-state index contributed by atoms with van der Waals surface area (Å²) in [7, 11) is 0. The van der Waals surface area contributed by atoms with Gasteiger partial charge in [0, 0.05) is 24.5 Å². The molecule has 3 aliphatic rings. The molecule has 2 fully saturated rings. The van der Waals surface area contributed by atoms with E-state index in [9.17, 15) is 0 Å². The molecule has 106 valence electrons. The van der Waals surface area contributed by atoms with Crippen LogP contribution < -0.4 is 0 Å². The molecular formula is C18H23NO. The van der Waals surface area contributed by atoms with Crippen LogP contribution in [0.4, 0.5) is 0 Å². The molecule has 0 amide bonds. The van der Waals surface area contributed by atoms with Crippen LogP contribution in [-0.4, -0.2) is 30.2 Å². The number of fused-ring (bicyclic) bond motifs is 2. The van der Waals surface area contributed by atoms with Gasteiger partial charge in [0.1, 0.15) is 0 Å². The van der Waals surface area contributed by atoms with Crippen LogP contribution in [0.3, 0.4) is 0 Å². The van der Waals surface area contributed by atoms with Crippen LogP contribution in [0.15, 0.2) is 42.0 Å². The highest BCUT2D eigenvalue weighted by Crippen LogP contribution is 2.38. The molecule has 1 aromatic carbocycles. The molecule has 2 saturated heterocycles. The van der Waals surface area contributed by atoms with Crippen molar-refractivity contribution in [1.29, 1.82) is 0 Å². The van der Waals surface area contributed by atoms with Gasteiger partial charge >= 0.3 is 0 Å². The van der Waals surface area contributed by atoms with E-state index in [2.05, 4.69) is 41.3 Å². The number of ether oxygens (including phenoxy) is 1. The predicted octanol–water partition coefficient (Wildman–Crippen LogP) is 3.39. The Labute approximate surface area is 121 Å². The normalized spacial score (nSPS) is 30.7. The van der Waals surface area contributed by atoms with Crippen molar-refractivity contribution in [1.82, 2.24) is 4.90 Å². The third-order valence-corrected chi connectivity index (χ3v) is 5.18. The molecule has 0 N–H and O–H groups in total. The van der Waals surface area contributed by atoms with Crippen molar-refractivity contribution in [2.24, 2.45) is 5.92 Å². The number of hydrogen-bond donors (Lipinski definition) is 0. The number of rotatable bonds is 3. The van der Waals surface area contributed by atoms with Gasteiger partial charge in [-0.25, -0.2) is 0 Å². The van der Waals surface area contributed by atoms with Gasteiger partial charge in [0.15, 0.2) is 0 Å². The summed E-state index contributed by atoms with van der Waals surface area (Å²) >= 11 is 0. The summed E-state index contributed by atoms with van der Waals surface area (Å²) in [6, 6.07) is 12.4. The molecule has 20 heavy (non-hydrogen) atoms. The second-order valence-electron chi connectivity index (χ2n) is 6.49. The highest BCUT2D eigenvalue weighted by atomic mass is 16.5. The largest absolute Gasteiger partial charge is 0.380 e. The zero-order chi connectivity index (χ0) is 13.4. The van der Waals surface area contributed by atoms with Crippen LogP contribution in [0.5, 0.6) is 0 Å². The quantitative estimate of drug-likeness (QED) is 0.780. The zero-order valence-electron chi connectivity index (χ0n) is 12.0. The second-order valence-corrected chi connectivity index (χ2v) is 6.49. The average Bonchev–Trinajstić information content (AvgIpc) is 2.39. The molecule has 0 aliphatic carbocycles. The van der Waals surface area contributed by atoms with E-state index >= 15 is 0 Å². The van der Waals surface area contributed by atoms with Gasteiger partial charge in [-0.2, -0.15) is 0 Å². The number of nitrogens with zero attached hydrogens (tertiary/aromatic N) is 1. The first-order valence-electron chi connectivity index (χ1n) is 7.98. The summed E-state index contributed by atoms with van der Waals surface area (Å²) in [6.07, 6.45) is 7.95. The third-order valence-electron chi connectivity index (χ3n) is 5.18. The fourth-order valence-electron chi connectivity index (χ4n) is 3.94. The van der Waals surface area contributed by atoms with Gasteiger partial charge in [-0.3, -0.25) is 4.90 Å². The summed E-state index contributed by atoms with van der Waals surface area (Å²) in [6.45, 7) is 3.04. The lowest BCUT2D eigenvalue weighted by molar-refractivity contribution is -0.0214. The first kappa shape index (κ1) is 12.6. The minimum absolute atomic E-state index is 0.665. The van der Waals surface area contributed by atoms with Gasteiger partial charge in [-0.15, -0.1) is 0 Å². The number of piperidine rings is 1. The SMILES string of the molecule is C1=C(C2COC2)CC2CCCC1N2Cc1ccccc1. The van der Waals surface area contributed by atoms with Crippen LogP contribution in [0.25, 0.3) is 0 Å². The van der Waals surface area contributed by atoms with E-state index in [0.717, 1.165) is 31.7 Å². The van der Waals surface area contributed by atoms with Gasteiger partial charge in [0.25, 0.3) is 0 Å². The lowest BCUT2D eigenvalue weighted by Gasteiger charge is -2.47. The van der Waals surface area contributed by atoms with Crippen molar-refractivity contribution < 1.29 is 4.74 Å². The predicted molar refractivity (Wildman–Crippen MR) is 80.4 cm³/mol.